The maximum Gasteiger partial charge on any atom is 0.0788 e. The van der Waals surface area contributed by atoms with Gasteiger partial charge < -0.3 is 0 Å². The third-order valence-corrected chi connectivity index (χ3v) is 6.95. The number of thiophene rings is 2. The summed E-state index contributed by atoms with van der Waals surface area (Å²) < 4.78 is 1.30. The van der Waals surface area contributed by atoms with Gasteiger partial charge in [0.1, 0.15) is 0 Å². The van der Waals surface area contributed by atoms with Crippen molar-refractivity contribution in [3.8, 4) is 11.3 Å². The molecule has 4 heteroatoms. The first kappa shape index (κ1) is 23.6. The van der Waals surface area contributed by atoms with Crippen LogP contribution >= 0.6 is 22.7 Å². The second kappa shape index (κ2) is 11.0. The summed E-state index contributed by atoms with van der Waals surface area (Å²) in [6.45, 7) is 0.928. The zero-order valence-corrected chi connectivity index (χ0v) is 18.0. The Kier molecular flexibility index (Phi) is 8.09. The highest BCUT2D eigenvalue weighted by molar-refractivity contribution is 7.17. The SMILES string of the molecule is C.C.c1ccc(-c2nccc3sccc23)cc1.c1ccc(C2=NCCc3sccc32)cc1. The largest absolute Gasteiger partial charge is 0.284 e. The lowest BCUT2D eigenvalue weighted by Crippen LogP contribution is -2.11. The third-order valence-electron chi connectivity index (χ3n) is 5.08. The van der Waals surface area contributed by atoms with E-state index in [1.807, 2.05) is 41.8 Å². The van der Waals surface area contributed by atoms with Gasteiger partial charge in [0.15, 0.2) is 0 Å². The molecule has 1 aliphatic rings. The van der Waals surface area contributed by atoms with Crippen LogP contribution in [0, 0.1) is 0 Å². The fourth-order valence-electron chi connectivity index (χ4n) is 3.66. The van der Waals surface area contributed by atoms with Gasteiger partial charge in [-0.05, 0) is 29.0 Å². The van der Waals surface area contributed by atoms with Crippen LogP contribution in [0.5, 0.6) is 0 Å². The second-order valence-electron chi connectivity index (χ2n) is 6.96. The standard InChI is InChI=1S/C13H11NS.C13H9NS.2CH4/c2*1-2-4-10(5-3-1)13-11-7-9-15-12(11)6-8-14-13;;/h1-5,7,9H,6,8H2;1-9H;2*1H4. The van der Waals surface area contributed by atoms with Crippen molar-refractivity contribution < 1.29 is 0 Å². The quantitative estimate of drug-likeness (QED) is 0.262. The Bertz CT molecular complexity index is 1280. The van der Waals surface area contributed by atoms with Crippen molar-refractivity contribution in [1.29, 1.82) is 0 Å². The summed E-state index contributed by atoms with van der Waals surface area (Å²) in [5, 5.41) is 5.52. The van der Waals surface area contributed by atoms with Crippen LogP contribution in [-0.2, 0) is 6.42 Å². The van der Waals surface area contributed by atoms with Crippen molar-refractivity contribution >= 4 is 38.5 Å². The van der Waals surface area contributed by atoms with Crippen LogP contribution in [0.2, 0.25) is 0 Å². The molecule has 0 N–H and O–H groups in total. The molecule has 0 unspecified atom stereocenters. The third kappa shape index (κ3) is 4.87. The van der Waals surface area contributed by atoms with Gasteiger partial charge in [0.2, 0.25) is 0 Å². The summed E-state index contributed by atoms with van der Waals surface area (Å²) in [6.07, 6.45) is 2.98. The molecule has 4 heterocycles. The molecule has 0 fully saturated rings. The Balaban J connectivity index is 0.000000170. The molecule has 32 heavy (non-hydrogen) atoms. The smallest absolute Gasteiger partial charge is 0.0788 e. The summed E-state index contributed by atoms with van der Waals surface area (Å²) in [5.41, 5.74) is 5.99. The monoisotopic (exact) mass is 456 g/mol. The number of aliphatic imine (C=N–C) groups is 1. The highest BCUT2D eigenvalue weighted by Gasteiger charge is 2.16. The number of hydrogen-bond acceptors (Lipinski definition) is 4. The zero-order valence-electron chi connectivity index (χ0n) is 16.4. The molecule has 162 valence electrons. The van der Waals surface area contributed by atoms with E-state index in [0.717, 1.165) is 24.4 Å². The summed E-state index contributed by atoms with van der Waals surface area (Å²) in [5.74, 6) is 0. The molecule has 2 aromatic carbocycles. The minimum Gasteiger partial charge on any atom is -0.284 e. The fourth-order valence-corrected chi connectivity index (χ4v) is 5.31. The number of hydrogen-bond donors (Lipinski definition) is 0. The van der Waals surface area contributed by atoms with Crippen molar-refractivity contribution in [1.82, 2.24) is 4.98 Å². The molecule has 0 radical (unpaired) electrons. The van der Waals surface area contributed by atoms with E-state index in [9.17, 15) is 0 Å². The van der Waals surface area contributed by atoms with Crippen LogP contribution in [0.25, 0.3) is 21.3 Å². The molecule has 0 atom stereocenters. The normalized spacial score (nSPS) is 11.8. The van der Waals surface area contributed by atoms with Gasteiger partial charge >= 0.3 is 0 Å². The number of aromatic nitrogens is 1. The van der Waals surface area contributed by atoms with Gasteiger partial charge in [0.05, 0.1) is 11.4 Å². The lowest BCUT2D eigenvalue weighted by molar-refractivity contribution is 0.965. The number of pyridine rings is 1. The molecule has 1 aliphatic heterocycles. The summed E-state index contributed by atoms with van der Waals surface area (Å²) in [4.78, 5) is 10.6. The van der Waals surface area contributed by atoms with Crippen LogP contribution in [0.1, 0.15) is 30.9 Å². The Hall–Kier alpha value is -3.08. The molecular weight excluding hydrogens is 428 g/mol. The predicted molar refractivity (Wildman–Crippen MR) is 143 cm³/mol. The molecule has 3 aromatic heterocycles. The average Bonchev–Trinajstić information content (AvgIpc) is 3.50. The lowest BCUT2D eigenvalue weighted by Gasteiger charge is -2.12. The number of rotatable bonds is 2. The summed E-state index contributed by atoms with van der Waals surface area (Å²) in [6, 6.07) is 27.1. The molecular formula is C28H28N2S2. The van der Waals surface area contributed by atoms with E-state index in [1.54, 1.807) is 11.3 Å². The van der Waals surface area contributed by atoms with Gasteiger partial charge in [-0.25, -0.2) is 0 Å². The zero-order chi connectivity index (χ0) is 20.2. The Morgan fingerprint density at radius 1 is 0.688 bits per heavy atom. The molecule has 0 spiro atoms. The van der Waals surface area contributed by atoms with Gasteiger partial charge in [-0.15, -0.1) is 22.7 Å². The van der Waals surface area contributed by atoms with Crippen molar-refractivity contribution in [2.24, 2.45) is 4.99 Å². The lowest BCUT2D eigenvalue weighted by atomic mass is 10.00. The van der Waals surface area contributed by atoms with E-state index < -0.39 is 0 Å². The first-order chi connectivity index (χ1) is 14.9. The predicted octanol–water partition coefficient (Wildman–Crippen LogP) is 8.38. The van der Waals surface area contributed by atoms with E-state index in [-0.39, 0.29) is 14.9 Å². The van der Waals surface area contributed by atoms with E-state index >= 15 is 0 Å². The summed E-state index contributed by atoms with van der Waals surface area (Å²) in [7, 11) is 0. The van der Waals surface area contributed by atoms with Crippen molar-refractivity contribution in [2.75, 3.05) is 6.54 Å². The van der Waals surface area contributed by atoms with Crippen molar-refractivity contribution in [3.63, 3.8) is 0 Å². The Labute approximate surface area is 199 Å². The highest BCUT2D eigenvalue weighted by atomic mass is 32.1. The van der Waals surface area contributed by atoms with E-state index in [4.69, 9.17) is 0 Å². The number of benzene rings is 2. The Morgan fingerprint density at radius 2 is 1.38 bits per heavy atom. The maximum absolute atomic E-state index is 4.64. The molecule has 6 rings (SSSR count). The van der Waals surface area contributed by atoms with Crippen LogP contribution in [-0.4, -0.2) is 17.2 Å². The van der Waals surface area contributed by atoms with Gasteiger partial charge in [-0.3, -0.25) is 9.98 Å². The first-order valence-corrected chi connectivity index (χ1v) is 11.7. The molecule has 0 bridgehead atoms. The summed E-state index contributed by atoms with van der Waals surface area (Å²) >= 11 is 3.60. The Morgan fingerprint density at radius 3 is 2.12 bits per heavy atom. The van der Waals surface area contributed by atoms with E-state index in [1.165, 1.54) is 31.7 Å². The first-order valence-electron chi connectivity index (χ1n) is 9.94. The van der Waals surface area contributed by atoms with E-state index in [0.29, 0.717) is 0 Å². The maximum atomic E-state index is 4.64. The van der Waals surface area contributed by atoms with Gasteiger partial charge in [0, 0.05) is 50.8 Å². The van der Waals surface area contributed by atoms with Gasteiger partial charge in [-0.2, -0.15) is 0 Å². The molecule has 0 aliphatic carbocycles. The number of nitrogens with zero attached hydrogens (tertiary/aromatic N) is 2. The molecule has 5 aromatic rings. The molecule has 0 saturated carbocycles. The van der Waals surface area contributed by atoms with Crippen LogP contribution < -0.4 is 0 Å². The average molecular weight is 457 g/mol. The minimum absolute atomic E-state index is 0. The highest BCUT2D eigenvalue weighted by Crippen LogP contribution is 2.29. The second-order valence-corrected chi connectivity index (χ2v) is 8.91. The van der Waals surface area contributed by atoms with Crippen LogP contribution in [0.3, 0.4) is 0 Å². The topological polar surface area (TPSA) is 25.2 Å². The van der Waals surface area contributed by atoms with E-state index in [2.05, 4.69) is 75.3 Å². The van der Waals surface area contributed by atoms with Crippen LogP contribution in [0.15, 0.2) is 101 Å². The number of fused-ring (bicyclic) bond motifs is 2. The fraction of sp³-hybridized carbons (Fsp3) is 0.143. The molecule has 2 nitrogen and oxygen atoms in total. The molecule has 0 saturated heterocycles. The van der Waals surface area contributed by atoms with Crippen LogP contribution in [0.4, 0.5) is 0 Å². The van der Waals surface area contributed by atoms with Gasteiger partial charge in [-0.1, -0.05) is 75.5 Å². The molecule has 0 amide bonds. The minimum atomic E-state index is 0. The van der Waals surface area contributed by atoms with Gasteiger partial charge in [0.25, 0.3) is 0 Å². The van der Waals surface area contributed by atoms with Crippen molar-refractivity contribution in [2.45, 2.75) is 21.3 Å². The van der Waals surface area contributed by atoms with Crippen molar-refractivity contribution in [3.05, 3.63) is 112 Å².